The van der Waals surface area contributed by atoms with E-state index >= 15 is 0 Å². The standard InChI is InChI=1S/C36H59N3O15/c1-10-13-47-15-17-49-19-20-50-18-16-48-14-11-12-25(41)23-51-30(27(42)22-40)29-24(2)26(21-28(52-29)31(43)46-9)37-32(38-33(44)53-35(3,4)5)39-34(45)54-36(6,7)8/h1,21,24,26-27,29-30,40,42H,11-20,22-23H2,2-9H3,(H2,37,38,39,44,45)/t24-,26+,27-,29-,30-/m1/s1. The number of hydrogen-bond donors (Lipinski definition) is 4. The molecule has 0 spiro atoms. The minimum absolute atomic E-state index is 0.0930. The van der Waals surface area contributed by atoms with Gasteiger partial charge in [0.25, 0.3) is 0 Å². The minimum atomic E-state index is -1.55. The van der Waals surface area contributed by atoms with Gasteiger partial charge in [-0.15, -0.1) is 6.42 Å². The normalized spacial score (nSPS) is 18.2. The third-order valence-electron chi connectivity index (χ3n) is 6.92. The average Bonchev–Trinajstić information content (AvgIpc) is 3.07. The fraction of sp³-hybridized carbons (Fsp3) is 0.750. The number of rotatable bonds is 22. The summed E-state index contributed by atoms with van der Waals surface area (Å²) in [4.78, 5) is 55.2. The van der Waals surface area contributed by atoms with Crippen molar-refractivity contribution >= 4 is 29.9 Å². The van der Waals surface area contributed by atoms with E-state index in [2.05, 4.69) is 21.5 Å². The monoisotopic (exact) mass is 773 g/mol. The van der Waals surface area contributed by atoms with Gasteiger partial charge >= 0.3 is 18.2 Å². The van der Waals surface area contributed by atoms with E-state index in [4.69, 9.17) is 49.1 Å². The van der Waals surface area contributed by atoms with Crippen molar-refractivity contribution in [2.75, 3.05) is 73.2 Å². The molecule has 1 aliphatic rings. The number of nitrogens with one attached hydrogen (secondary N) is 2. The minimum Gasteiger partial charge on any atom is -0.480 e. The highest BCUT2D eigenvalue weighted by Crippen LogP contribution is 2.31. The number of hydrogen-bond acceptors (Lipinski definition) is 16. The highest BCUT2D eigenvalue weighted by atomic mass is 16.6. The van der Waals surface area contributed by atoms with Gasteiger partial charge in [0.15, 0.2) is 5.78 Å². The number of alkyl carbamates (subject to hydrolysis) is 2. The Bertz CT molecular complexity index is 1240. The van der Waals surface area contributed by atoms with Crippen molar-refractivity contribution in [3.63, 3.8) is 0 Å². The zero-order chi connectivity index (χ0) is 40.7. The largest absolute Gasteiger partial charge is 0.480 e. The lowest BCUT2D eigenvalue weighted by Gasteiger charge is -2.39. The molecule has 0 saturated heterocycles. The molecule has 5 atom stereocenters. The molecular weight excluding hydrogens is 714 g/mol. The number of guanidine groups is 1. The van der Waals surface area contributed by atoms with Crippen LogP contribution in [0.25, 0.3) is 0 Å². The fourth-order valence-corrected chi connectivity index (χ4v) is 4.53. The Morgan fingerprint density at radius 3 is 1.91 bits per heavy atom. The molecule has 18 nitrogen and oxygen atoms in total. The third-order valence-corrected chi connectivity index (χ3v) is 6.92. The molecule has 1 aliphatic heterocycles. The van der Waals surface area contributed by atoms with Gasteiger partial charge in [0, 0.05) is 18.9 Å². The number of terminal acetylenes is 1. The van der Waals surface area contributed by atoms with Gasteiger partial charge in [-0.3, -0.25) is 15.4 Å². The summed E-state index contributed by atoms with van der Waals surface area (Å²) in [5.41, 5.74) is -1.78. The first-order valence-electron chi connectivity index (χ1n) is 17.6. The van der Waals surface area contributed by atoms with Gasteiger partial charge in [0.2, 0.25) is 11.7 Å². The summed E-state index contributed by atoms with van der Waals surface area (Å²) < 4.78 is 48.5. The summed E-state index contributed by atoms with van der Waals surface area (Å²) >= 11 is 0. The molecule has 0 aromatic heterocycles. The number of aliphatic hydroxyl groups excluding tert-OH is 2. The summed E-state index contributed by atoms with van der Waals surface area (Å²) in [6.45, 7) is 13.1. The first-order valence-corrected chi connectivity index (χ1v) is 17.6. The topological polar surface area (TPSA) is 228 Å². The van der Waals surface area contributed by atoms with E-state index in [1.165, 1.54) is 6.08 Å². The van der Waals surface area contributed by atoms with E-state index in [0.29, 0.717) is 46.1 Å². The molecule has 4 N–H and O–H groups in total. The SMILES string of the molecule is C#CCOCCOCCOCCOCCCC(=O)CO[C@@H]([C@@H]1OC(C(=O)OC)=C[C@H](N=C(NC(=O)OC(C)(C)C)NC(=O)OC(C)(C)C)[C@H]1C)[C@H](O)CO. The van der Waals surface area contributed by atoms with Crippen molar-refractivity contribution in [3.05, 3.63) is 11.8 Å². The average molecular weight is 774 g/mol. The molecule has 0 bridgehead atoms. The van der Waals surface area contributed by atoms with Gasteiger partial charge in [-0.05, 0) is 54.0 Å². The lowest BCUT2D eigenvalue weighted by Crippen LogP contribution is -2.52. The number of ketones is 1. The van der Waals surface area contributed by atoms with Crippen molar-refractivity contribution < 1.29 is 72.0 Å². The molecule has 0 aliphatic carbocycles. The molecule has 54 heavy (non-hydrogen) atoms. The van der Waals surface area contributed by atoms with E-state index in [-0.39, 0.29) is 37.1 Å². The van der Waals surface area contributed by atoms with E-state index in [1.54, 1.807) is 48.5 Å². The predicted octanol–water partition coefficient (Wildman–Crippen LogP) is 1.64. The number of amides is 2. The number of aliphatic imine (C=N–C) groups is 1. The predicted molar refractivity (Wildman–Crippen MR) is 193 cm³/mol. The van der Waals surface area contributed by atoms with Gasteiger partial charge < -0.3 is 52.8 Å². The molecule has 0 saturated carbocycles. The Morgan fingerprint density at radius 1 is 0.907 bits per heavy atom. The first kappa shape index (κ1) is 48.2. The Kier molecular flexibility index (Phi) is 22.6. The van der Waals surface area contributed by atoms with Gasteiger partial charge in [-0.2, -0.15) is 0 Å². The lowest BCUT2D eigenvalue weighted by molar-refractivity contribution is -0.161. The van der Waals surface area contributed by atoms with Gasteiger partial charge in [-0.1, -0.05) is 12.8 Å². The van der Waals surface area contributed by atoms with Gasteiger partial charge in [0.05, 0.1) is 59.4 Å². The second-order valence-electron chi connectivity index (χ2n) is 13.9. The number of methoxy groups -OCH3 is 1. The number of esters is 1. The maximum atomic E-state index is 12.7. The molecule has 1 heterocycles. The summed E-state index contributed by atoms with van der Waals surface area (Å²) in [6.07, 6.45) is 0.902. The van der Waals surface area contributed by atoms with Crippen LogP contribution < -0.4 is 10.6 Å². The van der Waals surface area contributed by atoms with Crippen molar-refractivity contribution in [1.82, 2.24) is 10.6 Å². The quantitative estimate of drug-likeness (QED) is 0.0306. The van der Waals surface area contributed by atoms with E-state index < -0.39 is 72.8 Å². The maximum absolute atomic E-state index is 12.7. The Morgan fingerprint density at radius 2 is 1.43 bits per heavy atom. The Balaban J connectivity index is 2.94. The molecule has 0 radical (unpaired) electrons. The highest BCUT2D eigenvalue weighted by Gasteiger charge is 2.43. The molecule has 1 rings (SSSR count). The number of carbonyl (C=O) groups excluding carboxylic acids is 4. The Labute approximate surface area is 317 Å². The third kappa shape index (κ3) is 21.2. The van der Waals surface area contributed by atoms with Crippen LogP contribution in [-0.4, -0.2) is 149 Å². The highest BCUT2D eigenvalue weighted by molar-refractivity contribution is 6.01. The number of carbonyl (C=O) groups is 4. The van der Waals surface area contributed by atoms with Crippen LogP contribution in [0.15, 0.2) is 16.8 Å². The van der Waals surface area contributed by atoms with E-state index in [1.807, 2.05) is 0 Å². The molecule has 18 heteroatoms. The number of nitrogens with zero attached hydrogens (tertiary/aromatic N) is 1. The van der Waals surface area contributed by atoms with Crippen molar-refractivity contribution in [1.29, 1.82) is 0 Å². The summed E-state index contributed by atoms with van der Waals surface area (Å²) in [5.74, 6) is -0.318. The van der Waals surface area contributed by atoms with Crippen LogP contribution in [0.1, 0.15) is 61.3 Å². The van der Waals surface area contributed by atoms with Crippen LogP contribution in [-0.2, 0) is 52.2 Å². The molecule has 308 valence electrons. The van der Waals surface area contributed by atoms with Crippen LogP contribution >= 0.6 is 0 Å². The van der Waals surface area contributed by atoms with Crippen LogP contribution in [0.5, 0.6) is 0 Å². The molecule has 0 fully saturated rings. The lowest BCUT2D eigenvalue weighted by atomic mass is 9.87. The fourth-order valence-electron chi connectivity index (χ4n) is 4.53. The summed E-state index contributed by atoms with van der Waals surface area (Å²) in [6, 6.07) is -1.03. The van der Waals surface area contributed by atoms with Crippen molar-refractivity contribution in [3.8, 4) is 12.3 Å². The first-order chi connectivity index (χ1) is 25.4. The van der Waals surface area contributed by atoms with Crippen LogP contribution in [0.2, 0.25) is 0 Å². The van der Waals surface area contributed by atoms with Crippen LogP contribution in [0.4, 0.5) is 9.59 Å². The van der Waals surface area contributed by atoms with Crippen molar-refractivity contribution in [2.45, 2.75) is 96.9 Å². The van der Waals surface area contributed by atoms with Crippen molar-refractivity contribution in [2.24, 2.45) is 10.9 Å². The zero-order valence-electron chi connectivity index (χ0n) is 32.7. The van der Waals surface area contributed by atoms with E-state index in [9.17, 15) is 29.4 Å². The maximum Gasteiger partial charge on any atom is 0.414 e. The zero-order valence-corrected chi connectivity index (χ0v) is 32.7. The van der Waals surface area contributed by atoms with Crippen LogP contribution in [0, 0.1) is 18.3 Å². The Hall–Kier alpha value is -3.83. The van der Waals surface area contributed by atoms with Crippen LogP contribution in [0.3, 0.4) is 0 Å². The number of Topliss-reactive ketones (excluding diaryl/α,β-unsaturated/α-hetero) is 1. The summed E-state index contributed by atoms with van der Waals surface area (Å²) in [5, 5.41) is 25.4. The number of aliphatic hydroxyl groups is 2. The molecule has 0 unspecified atom stereocenters. The number of ether oxygens (including phenoxy) is 9. The second kappa shape index (κ2) is 25.3. The smallest absolute Gasteiger partial charge is 0.414 e. The molecule has 0 aromatic carbocycles. The van der Waals surface area contributed by atoms with E-state index in [0.717, 1.165) is 7.11 Å². The molecular formula is C36H59N3O15. The summed E-state index contributed by atoms with van der Waals surface area (Å²) in [7, 11) is 1.13. The van der Waals surface area contributed by atoms with Gasteiger partial charge in [-0.25, -0.2) is 19.4 Å². The second-order valence-corrected chi connectivity index (χ2v) is 13.9. The molecule has 2 amide bonds. The molecule has 0 aromatic rings. The van der Waals surface area contributed by atoms with Gasteiger partial charge in [0.1, 0.15) is 42.7 Å².